The highest BCUT2D eigenvalue weighted by Crippen LogP contribution is 2.22. The maximum Gasteiger partial charge on any atom is 0.234 e. The van der Waals surface area contributed by atoms with Gasteiger partial charge >= 0.3 is 0 Å². The van der Waals surface area contributed by atoms with Gasteiger partial charge in [0.05, 0.1) is 21.6 Å². The Kier molecular flexibility index (Phi) is 5.36. The van der Waals surface area contributed by atoms with Crippen LogP contribution in [0.25, 0.3) is 0 Å². The van der Waals surface area contributed by atoms with Gasteiger partial charge in [-0.15, -0.1) is 0 Å². The van der Waals surface area contributed by atoms with E-state index in [2.05, 4.69) is 31.2 Å². The number of carbonyl (C=O) groups excluding carboxylic acids is 1. The van der Waals surface area contributed by atoms with Crippen molar-refractivity contribution in [3.8, 4) is 0 Å². The summed E-state index contributed by atoms with van der Waals surface area (Å²) in [6.45, 7) is 5.79. The molecule has 1 aromatic heterocycles. The molecular formula is C15H16BrN3OS. The minimum atomic E-state index is -0.0591. The van der Waals surface area contributed by atoms with Gasteiger partial charge in [0.25, 0.3) is 0 Å². The molecule has 1 amide bonds. The van der Waals surface area contributed by atoms with E-state index < -0.39 is 0 Å². The molecule has 0 aliphatic heterocycles. The predicted octanol–water partition coefficient (Wildman–Crippen LogP) is 3.90. The van der Waals surface area contributed by atoms with Gasteiger partial charge in [-0.25, -0.2) is 9.97 Å². The third-order valence-corrected chi connectivity index (χ3v) is 4.91. The zero-order valence-electron chi connectivity index (χ0n) is 12.1. The lowest BCUT2D eigenvalue weighted by atomic mass is 10.2. The van der Waals surface area contributed by atoms with Gasteiger partial charge in [-0.05, 0) is 48.3 Å². The SMILES string of the molecule is Cc1ccccc1NC(=O)CSc1nc(C)c(Br)c(C)n1. The number of nitrogens with one attached hydrogen (secondary N) is 1. The van der Waals surface area contributed by atoms with Crippen molar-refractivity contribution in [2.75, 3.05) is 11.1 Å². The smallest absolute Gasteiger partial charge is 0.234 e. The van der Waals surface area contributed by atoms with Crippen molar-refractivity contribution in [3.63, 3.8) is 0 Å². The van der Waals surface area contributed by atoms with Crippen LogP contribution in [0.3, 0.4) is 0 Å². The fourth-order valence-corrected chi connectivity index (χ4v) is 2.68. The summed E-state index contributed by atoms with van der Waals surface area (Å²) in [6, 6.07) is 7.71. The van der Waals surface area contributed by atoms with Crippen LogP contribution < -0.4 is 5.32 Å². The highest BCUT2D eigenvalue weighted by Gasteiger charge is 2.09. The molecule has 1 aromatic carbocycles. The maximum absolute atomic E-state index is 12.0. The van der Waals surface area contributed by atoms with Gasteiger partial charge < -0.3 is 5.32 Å². The molecular weight excluding hydrogens is 350 g/mol. The minimum Gasteiger partial charge on any atom is -0.325 e. The van der Waals surface area contributed by atoms with Crippen LogP contribution in [0.1, 0.15) is 17.0 Å². The number of hydrogen-bond donors (Lipinski definition) is 1. The summed E-state index contributed by atoms with van der Waals surface area (Å²) in [6.07, 6.45) is 0. The molecule has 0 atom stereocenters. The Labute approximate surface area is 136 Å². The van der Waals surface area contributed by atoms with Crippen LogP contribution in [0, 0.1) is 20.8 Å². The number of benzene rings is 1. The van der Waals surface area contributed by atoms with E-state index in [-0.39, 0.29) is 11.7 Å². The molecule has 4 nitrogen and oxygen atoms in total. The summed E-state index contributed by atoms with van der Waals surface area (Å²) in [5.41, 5.74) is 3.64. The summed E-state index contributed by atoms with van der Waals surface area (Å²) < 4.78 is 0.913. The van der Waals surface area contributed by atoms with E-state index >= 15 is 0 Å². The lowest BCUT2D eigenvalue weighted by Gasteiger charge is -2.08. The molecule has 0 aliphatic carbocycles. The molecule has 6 heteroatoms. The van der Waals surface area contributed by atoms with Crippen molar-refractivity contribution in [2.24, 2.45) is 0 Å². The fraction of sp³-hybridized carbons (Fsp3) is 0.267. The van der Waals surface area contributed by atoms with Crippen molar-refractivity contribution >= 4 is 39.3 Å². The molecule has 0 fully saturated rings. The van der Waals surface area contributed by atoms with Gasteiger partial charge in [0.2, 0.25) is 5.91 Å². The number of aryl methyl sites for hydroxylation is 3. The maximum atomic E-state index is 12.0. The van der Waals surface area contributed by atoms with Crippen molar-refractivity contribution in [3.05, 3.63) is 45.7 Å². The lowest BCUT2D eigenvalue weighted by molar-refractivity contribution is -0.113. The first-order valence-corrected chi connectivity index (χ1v) is 8.24. The Morgan fingerprint density at radius 3 is 2.43 bits per heavy atom. The third kappa shape index (κ3) is 4.28. The van der Waals surface area contributed by atoms with Crippen LogP contribution in [-0.2, 0) is 4.79 Å². The predicted molar refractivity (Wildman–Crippen MR) is 89.7 cm³/mol. The number of nitrogens with zero attached hydrogens (tertiary/aromatic N) is 2. The first-order chi connectivity index (χ1) is 9.97. The number of aromatic nitrogens is 2. The number of carbonyl (C=O) groups is 1. The number of rotatable bonds is 4. The number of halogens is 1. The molecule has 0 saturated carbocycles. The van der Waals surface area contributed by atoms with E-state index in [0.717, 1.165) is 27.1 Å². The van der Waals surface area contributed by atoms with E-state index in [0.29, 0.717) is 5.16 Å². The monoisotopic (exact) mass is 365 g/mol. The molecule has 0 saturated heterocycles. The first-order valence-electron chi connectivity index (χ1n) is 6.46. The summed E-state index contributed by atoms with van der Waals surface area (Å²) in [5, 5.41) is 3.52. The molecule has 1 N–H and O–H groups in total. The number of thioether (sulfide) groups is 1. The van der Waals surface area contributed by atoms with E-state index in [1.807, 2.05) is 45.0 Å². The molecule has 21 heavy (non-hydrogen) atoms. The third-order valence-electron chi connectivity index (χ3n) is 2.91. The van der Waals surface area contributed by atoms with Gasteiger partial charge in [-0.3, -0.25) is 4.79 Å². The molecule has 0 unspecified atom stereocenters. The van der Waals surface area contributed by atoms with Crippen molar-refractivity contribution in [2.45, 2.75) is 25.9 Å². The van der Waals surface area contributed by atoms with Crippen LogP contribution in [-0.4, -0.2) is 21.6 Å². The Hall–Kier alpha value is -1.40. The second kappa shape index (κ2) is 7.04. The standard InChI is InChI=1S/C15H16BrN3OS/c1-9-6-4-5-7-12(9)19-13(20)8-21-15-17-10(2)14(16)11(3)18-15/h4-7H,8H2,1-3H3,(H,19,20). The quantitative estimate of drug-likeness (QED) is 0.659. The van der Waals surface area contributed by atoms with Crippen LogP contribution in [0.4, 0.5) is 5.69 Å². The van der Waals surface area contributed by atoms with Crippen molar-refractivity contribution in [1.29, 1.82) is 0 Å². The molecule has 2 aromatic rings. The molecule has 0 aliphatic rings. The average Bonchev–Trinajstić information content (AvgIpc) is 2.45. The van der Waals surface area contributed by atoms with Gasteiger partial charge in [0.1, 0.15) is 0 Å². The largest absolute Gasteiger partial charge is 0.325 e. The highest BCUT2D eigenvalue weighted by molar-refractivity contribution is 9.10. The van der Waals surface area contributed by atoms with Crippen LogP contribution in [0.2, 0.25) is 0 Å². The van der Waals surface area contributed by atoms with Gasteiger partial charge in [-0.2, -0.15) is 0 Å². The second-order valence-corrected chi connectivity index (χ2v) is 6.38. The van der Waals surface area contributed by atoms with E-state index in [1.165, 1.54) is 11.8 Å². The molecule has 1 heterocycles. The van der Waals surface area contributed by atoms with Crippen LogP contribution >= 0.6 is 27.7 Å². The van der Waals surface area contributed by atoms with E-state index in [4.69, 9.17) is 0 Å². The molecule has 0 radical (unpaired) electrons. The zero-order valence-corrected chi connectivity index (χ0v) is 14.5. The van der Waals surface area contributed by atoms with Gasteiger partial charge in [0, 0.05) is 5.69 Å². The number of amides is 1. The highest BCUT2D eigenvalue weighted by atomic mass is 79.9. The van der Waals surface area contributed by atoms with Crippen molar-refractivity contribution in [1.82, 2.24) is 9.97 Å². The fourth-order valence-electron chi connectivity index (χ4n) is 1.77. The van der Waals surface area contributed by atoms with Crippen molar-refractivity contribution < 1.29 is 4.79 Å². The molecule has 110 valence electrons. The van der Waals surface area contributed by atoms with E-state index in [1.54, 1.807) is 0 Å². The average molecular weight is 366 g/mol. The topological polar surface area (TPSA) is 54.9 Å². The number of hydrogen-bond acceptors (Lipinski definition) is 4. The lowest BCUT2D eigenvalue weighted by Crippen LogP contribution is -2.15. The molecule has 0 spiro atoms. The number of anilines is 1. The van der Waals surface area contributed by atoms with E-state index in [9.17, 15) is 4.79 Å². The van der Waals surface area contributed by atoms with Gasteiger partial charge in [-0.1, -0.05) is 30.0 Å². The van der Waals surface area contributed by atoms with Gasteiger partial charge in [0.15, 0.2) is 5.16 Å². The summed E-state index contributed by atoms with van der Waals surface area (Å²) >= 11 is 4.77. The summed E-state index contributed by atoms with van der Waals surface area (Å²) in [4.78, 5) is 20.7. The second-order valence-electron chi connectivity index (χ2n) is 4.64. The Morgan fingerprint density at radius 2 is 1.81 bits per heavy atom. The summed E-state index contributed by atoms with van der Waals surface area (Å²) in [7, 11) is 0. The van der Waals surface area contributed by atoms with Crippen LogP contribution in [0.15, 0.2) is 33.9 Å². The molecule has 2 rings (SSSR count). The normalized spacial score (nSPS) is 10.5. The molecule has 0 bridgehead atoms. The zero-order chi connectivity index (χ0) is 15.4. The Bertz CT molecular complexity index is 653. The Morgan fingerprint density at radius 1 is 1.19 bits per heavy atom. The first kappa shape index (κ1) is 16.0. The van der Waals surface area contributed by atoms with Crippen LogP contribution in [0.5, 0.6) is 0 Å². The minimum absolute atomic E-state index is 0.0591. The Balaban J connectivity index is 1.97. The number of para-hydroxylation sites is 1. The summed E-state index contributed by atoms with van der Waals surface area (Å²) in [5.74, 6) is 0.227.